The Labute approximate surface area is 154 Å². The molecule has 1 aromatic carbocycles. The number of aliphatic imine (C=N–C) groups is 1. The lowest BCUT2D eigenvalue weighted by atomic mass is 10.1. The van der Waals surface area contributed by atoms with E-state index in [1.807, 2.05) is 16.9 Å². The van der Waals surface area contributed by atoms with Crippen molar-refractivity contribution in [1.82, 2.24) is 20.4 Å². The molecule has 2 N–H and O–H groups in total. The van der Waals surface area contributed by atoms with Crippen LogP contribution in [0.1, 0.15) is 24.8 Å². The maximum absolute atomic E-state index is 11.0. The zero-order chi connectivity index (χ0) is 18.6. The van der Waals surface area contributed by atoms with Gasteiger partial charge < -0.3 is 15.4 Å². The Morgan fingerprint density at radius 3 is 2.62 bits per heavy atom. The SMILES string of the molecule is CN=C(NCCCCC(=O)OC)NCCc1ccc(-n2cccn2)cc1. The van der Waals surface area contributed by atoms with Crippen LogP contribution in [0.4, 0.5) is 0 Å². The van der Waals surface area contributed by atoms with Gasteiger partial charge in [0.05, 0.1) is 12.8 Å². The number of hydrogen-bond donors (Lipinski definition) is 2. The molecule has 0 atom stereocenters. The number of hydrogen-bond acceptors (Lipinski definition) is 4. The molecule has 2 aromatic rings. The summed E-state index contributed by atoms with van der Waals surface area (Å²) in [6.07, 6.45) is 6.76. The minimum absolute atomic E-state index is 0.161. The first kappa shape index (κ1) is 19.5. The molecule has 0 spiro atoms. The van der Waals surface area contributed by atoms with E-state index >= 15 is 0 Å². The fourth-order valence-electron chi connectivity index (χ4n) is 2.49. The highest BCUT2D eigenvalue weighted by atomic mass is 16.5. The number of methoxy groups -OCH3 is 1. The molecular formula is C19H27N5O2. The maximum Gasteiger partial charge on any atom is 0.305 e. The number of nitrogens with zero attached hydrogens (tertiary/aromatic N) is 3. The van der Waals surface area contributed by atoms with Crippen molar-refractivity contribution in [3.05, 3.63) is 48.3 Å². The summed E-state index contributed by atoms with van der Waals surface area (Å²) in [6, 6.07) is 10.3. The van der Waals surface area contributed by atoms with Crippen LogP contribution in [0, 0.1) is 0 Å². The van der Waals surface area contributed by atoms with Gasteiger partial charge in [0.25, 0.3) is 0 Å². The lowest BCUT2D eigenvalue weighted by Crippen LogP contribution is -2.38. The molecule has 1 heterocycles. The number of carbonyl (C=O) groups excluding carboxylic acids is 1. The van der Waals surface area contributed by atoms with Crippen LogP contribution >= 0.6 is 0 Å². The van der Waals surface area contributed by atoms with Crippen molar-refractivity contribution in [3.8, 4) is 5.69 Å². The van der Waals surface area contributed by atoms with Gasteiger partial charge >= 0.3 is 5.97 Å². The van der Waals surface area contributed by atoms with E-state index in [0.717, 1.165) is 44.0 Å². The lowest BCUT2D eigenvalue weighted by Gasteiger charge is -2.12. The molecule has 0 bridgehead atoms. The Hall–Kier alpha value is -2.83. The van der Waals surface area contributed by atoms with E-state index in [4.69, 9.17) is 0 Å². The average Bonchev–Trinajstić information content (AvgIpc) is 3.21. The smallest absolute Gasteiger partial charge is 0.305 e. The van der Waals surface area contributed by atoms with Crippen molar-refractivity contribution >= 4 is 11.9 Å². The first-order valence-electron chi connectivity index (χ1n) is 8.83. The highest BCUT2D eigenvalue weighted by Crippen LogP contribution is 2.08. The van der Waals surface area contributed by atoms with Crippen molar-refractivity contribution in [2.24, 2.45) is 4.99 Å². The molecule has 0 saturated carbocycles. The third kappa shape index (κ3) is 6.58. The number of nitrogens with one attached hydrogen (secondary N) is 2. The quantitative estimate of drug-likeness (QED) is 0.310. The minimum Gasteiger partial charge on any atom is -0.469 e. The third-order valence-electron chi connectivity index (χ3n) is 3.96. The summed E-state index contributed by atoms with van der Waals surface area (Å²) < 4.78 is 6.46. The molecule has 0 fully saturated rings. The van der Waals surface area contributed by atoms with E-state index in [1.165, 1.54) is 12.7 Å². The van der Waals surface area contributed by atoms with Crippen molar-refractivity contribution in [3.63, 3.8) is 0 Å². The Balaban J connectivity index is 1.65. The number of carbonyl (C=O) groups is 1. The van der Waals surface area contributed by atoms with E-state index < -0.39 is 0 Å². The first-order valence-corrected chi connectivity index (χ1v) is 8.83. The molecular weight excluding hydrogens is 330 g/mol. The fourth-order valence-corrected chi connectivity index (χ4v) is 2.49. The van der Waals surface area contributed by atoms with Crippen LogP contribution < -0.4 is 10.6 Å². The zero-order valence-corrected chi connectivity index (χ0v) is 15.4. The van der Waals surface area contributed by atoms with E-state index in [-0.39, 0.29) is 5.97 Å². The van der Waals surface area contributed by atoms with E-state index in [0.29, 0.717) is 6.42 Å². The molecule has 0 aliphatic rings. The van der Waals surface area contributed by atoms with Crippen molar-refractivity contribution in [1.29, 1.82) is 0 Å². The lowest BCUT2D eigenvalue weighted by molar-refractivity contribution is -0.140. The molecule has 0 aliphatic heterocycles. The zero-order valence-electron chi connectivity index (χ0n) is 15.4. The van der Waals surface area contributed by atoms with Crippen LogP contribution in [0.3, 0.4) is 0 Å². The van der Waals surface area contributed by atoms with Crippen molar-refractivity contribution < 1.29 is 9.53 Å². The molecule has 0 saturated heterocycles. The Bertz CT molecular complexity index is 680. The molecule has 1 aromatic heterocycles. The summed E-state index contributed by atoms with van der Waals surface area (Å²) in [5.74, 6) is 0.613. The fraction of sp³-hybridized carbons (Fsp3) is 0.421. The van der Waals surface area contributed by atoms with E-state index in [2.05, 4.69) is 49.7 Å². The Morgan fingerprint density at radius 2 is 1.96 bits per heavy atom. The highest BCUT2D eigenvalue weighted by molar-refractivity contribution is 5.79. The summed E-state index contributed by atoms with van der Waals surface area (Å²) in [7, 11) is 3.17. The highest BCUT2D eigenvalue weighted by Gasteiger charge is 2.01. The number of benzene rings is 1. The molecule has 140 valence electrons. The van der Waals surface area contributed by atoms with Gasteiger partial charge in [-0.15, -0.1) is 0 Å². The molecule has 7 heteroatoms. The second-order valence-electron chi connectivity index (χ2n) is 5.83. The third-order valence-corrected chi connectivity index (χ3v) is 3.96. The van der Waals surface area contributed by atoms with Gasteiger partial charge in [0, 0.05) is 39.0 Å². The molecule has 26 heavy (non-hydrogen) atoms. The van der Waals surface area contributed by atoms with Crippen molar-refractivity contribution in [2.45, 2.75) is 25.7 Å². The number of unbranched alkanes of at least 4 members (excludes halogenated alkanes) is 1. The number of aromatic nitrogens is 2. The second-order valence-corrected chi connectivity index (χ2v) is 5.83. The number of rotatable bonds is 9. The standard InChI is InChI=1S/C19H27N5O2/c1-20-19(21-12-4-3-6-18(25)26-2)22-14-11-16-7-9-17(10-8-16)24-15-5-13-23-24/h5,7-10,13,15H,3-4,6,11-12,14H2,1-2H3,(H2,20,21,22). The van der Waals surface area contributed by atoms with Gasteiger partial charge in [0.1, 0.15) is 0 Å². The predicted molar refractivity (Wildman–Crippen MR) is 102 cm³/mol. The first-order chi connectivity index (χ1) is 12.7. The van der Waals surface area contributed by atoms with Gasteiger partial charge in [-0.25, -0.2) is 4.68 Å². The average molecular weight is 357 g/mol. The van der Waals surface area contributed by atoms with Crippen LogP contribution in [0.5, 0.6) is 0 Å². The molecule has 0 aliphatic carbocycles. The maximum atomic E-state index is 11.0. The molecule has 2 rings (SSSR count). The molecule has 0 radical (unpaired) electrons. The summed E-state index contributed by atoms with van der Waals surface area (Å²) >= 11 is 0. The normalized spacial score (nSPS) is 11.2. The minimum atomic E-state index is -0.161. The van der Waals surface area contributed by atoms with Gasteiger partial charge in [-0.1, -0.05) is 12.1 Å². The molecule has 0 amide bonds. The second kappa shape index (κ2) is 10.9. The van der Waals surface area contributed by atoms with Crippen LogP contribution in [0.2, 0.25) is 0 Å². The van der Waals surface area contributed by atoms with E-state index in [9.17, 15) is 4.79 Å². The largest absolute Gasteiger partial charge is 0.469 e. The van der Waals surface area contributed by atoms with Crippen LogP contribution in [0.15, 0.2) is 47.7 Å². The van der Waals surface area contributed by atoms with Gasteiger partial charge in [-0.05, 0) is 43.0 Å². The van der Waals surface area contributed by atoms with Crippen molar-refractivity contribution in [2.75, 3.05) is 27.2 Å². The monoisotopic (exact) mass is 357 g/mol. The summed E-state index contributed by atoms with van der Waals surface area (Å²) in [5.41, 5.74) is 2.30. The van der Waals surface area contributed by atoms with Gasteiger partial charge in [-0.3, -0.25) is 9.79 Å². The molecule has 7 nitrogen and oxygen atoms in total. The topological polar surface area (TPSA) is 80.5 Å². The number of ether oxygens (including phenoxy) is 1. The van der Waals surface area contributed by atoms with E-state index in [1.54, 1.807) is 13.2 Å². The van der Waals surface area contributed by atoms with Gasteiger partial charge in [-0.2, -0.15) is 5.10 Å². The predicted octanol–water partition coefficient (Wildman–Crippen LogP) is 1.92. The Morgan fingerprint density at radius 1 is 1.19 bits per heavy atom. The van der Waals surface area contributed by atoms with Gasteiger partial charge in [0.2, 0.25) is 0 Å². The number of guanidine groups is 1. The van der Waals surface area contributed by atoms with Crippen LogP contribution in [0.25, 0.3) is 5.69 Å². The summed E-state index contributed by atoms with van der Waals surface area (Å²) in [6.45, 7) is 1.57. The molecule has 0 unspecified atom stereocenters. The summed E-state index contributed by atoms with van der Waals surface area (Å²) in [4.78, 5) is 15.3. The van der Waals surface area contributed by atoms with Crippen LogP contribution in [-0.2, 0) is 16.0 Å². The Kier molecular flexibility index (Phi) is 8.18. The van der Waals surface area contributed by atoms with Gasteiger partial charge in [0.15, 0.2) is 5.96 Å². The van der Waals surface area contributed by atoms with Crippen LogP contribution in [-0.4, -0.2) is 49.0 Å². The number of esters is 1. The summed E-state index contributed by atoms with van der Waals surface area (Å²) in [5, 5.41) is 10.8.